The summed E-state index contributed by atoms with van der Waals surface area (Å²) in [5, 5.41) is 13.2. The van der Waals surface area contributed by atoms with E-state index >= 15 is 0 Å². The summed E-state index contributed by atoms with van der Waals surface area (Å²) < 4.78 is 29.2. The Morgan fingerprint density at radius 3 is 2.59 bits per heavy atom. The van der Waals surface area contributed by atoms with E-state index < -0.39 is 0 Å². The van der Waals surface area contributed by atoms with E-state index in [4.69, 9.17) is 13.9 Å². The quantitative estimate of drug-likeness (QED) is 0.367. The van der Waals surface area contributed by atoms with Gasteiger partial charge in [0.1, 0.15) is 5.82 Å². The number of halogens is 1. The number of ether oxygens (including phenoxy) is 2. The minimum atomic E-state index is -0.315. The molecule has 0 aliphatic carbocycles. The maximum Gasteiger partial charge on any atom is 0.277 e. The number of hydrogen-bond donors (Lipinski definition) is 1. The van der Waals surface area contributed by atoms with Crippen LogP contribution in [0.3, 0.4) is 0 Å². The lowest BCUT2D eigenvalue weighted by molar-refractivity contribution is -0.113. The first kappa shape index (κ1) is 21.8. The van der Waals surface area contributed by atoms with E-state index in [9.17, 15) is 9.18 Å². The maximum atomic E-state index is 13.1. The molecular weight excluding hydrogens is 455 g/mol. The molecule has 0 unspecified atom stereocenters. The zero-order valence-electron chi connectivity index (χ0n) is 17.0. The number of amides is 1. The van der Waals surface area contributed by atoms with Gasteiger partial charge in [-0.15, -0.1) is 21.5 Å². The number of carbonyl (C=O) groups excluding carboxylic acids is 1. The Labute approximate surface area is 190 Å². The number of carbonyl (C=O) groups is 1. The Hall–Kier alpha value is -3.44. The van der Waals surface area contributed by atoms with Crippen molar-refractivity contribution in [3.63, 3.8) is 0 Å². The van der Waals surface area contributed by atoms with Crippen molar-refractivity contribution in [3.05, 3.63) is 53.7 Å². The van der Waals surface area contributed by atoms with E-state index in [2.05, 4.69) is 20.5 Å². The van der Waals surface area contributed by atoms with E-state index in [1.807, 2.05) is 0 Å². The van der Waals surface area contributed by atoms with Crippen LogP contribution in [0, 0.1) is 5.82 Å². The van der Waals surface area contributed by atoms with Gasteiger partial charge in [-0.25, -0.2) is 9.37 Å². The largest absolute Gasteiger partial charge is 0.493 e. The van der Waals surface area contributed by atoms with Gasteiger partial charge in [-0.3, -0.25) is 4.79 Å². The Morgan fingerprint density at radius 1 is 1.09 bits per heavy atom. The summed E-state index contributed by atoms with van der Waals surface area (Å²) in [6.07, 6.45) is 0. The number of anilines is 1. The van der Waals surface area contributed by atoms with E-state index in [0.29, 0.717) is 33.8 Å². The number of rotatable bonds is 8. The van der Waals surface area contributed by atoms with Crippen molar-refractivity contribution in [1.29, 1.82) is 0 Å². The number of benzene rings is 2. The lowest BCUT2D eigenvalue weighted by atomic mass is 10.2. The highest BCUT2D eigenvalue weighted by Crippen LogP contribution is 2.32. The zero-order valence-corrected chi connectivity index (χ0v) is 18.6. The Kier molecular flexibility index (Phi) is 6.66. The van der Waals surface area contributed by atoms with E-state index in [1.54, 1.807) is 49.9 Å². The summed E-state index contributed by atoms with van der Waals surface area (Å²) in [7, 11) is 3.10. The Balaban J connectivity index is 1.34. The molecule has 0 saturated heterocycles. The van der Waals surface area contributed by atoms with Crippen LogP contribution in [-0.2, 0) is 4.79 Å². The number of thioether (sulfide) groups is 1. The summed E-state index contributed by atoms with van der Waals surface area (Å²) in [6, 6.07) is 11.3. The van der Waals surface area contributed by atoms with Gasteiger partial charge in [0.2, 0.25) is 11.8 Å². The average molecular weight is 473 g/mol. The molecule has 0 bridgehead atoms. The highest BCUT2D eigenvalue weighted by molar-refractivity contribution is 7.99. The van der Waals surface area contributed by atoms with Crippen molar-refractivity contribution >= 4 is 34.1 Å². The number of aromatic nitrogens is 3. The predicted molar refractivity (Wildman–Crippen MR) is 120 cm³/mol. The number of nitrogens with one attached hydrogen (secondary N) is 1. The van der Waals surface area contributed by atoms with E-state index in [-0.39, 0.29) is 22.7 Å². The molecule has 0 spiro atoms. The topological polar surface area (TPSA) is 99.4 Å². The van der Waals surface area contributed by atoms with Crippen molar-refractivity contribution in [2.24, 2.45) is 0 Å². The molecule has 4 aromatic rings. The van der Waals surface area contributed by atoms with Crippen LogP contribution in [0.2, 0.25) is 0 Å². The SMILES string of the molecule is COc1ccc(-c2nnc(SCC(=O)Nc3nc(-c4ccc(F)cc4)cs3)o2)cc1OC. The summed E-state index contributed by atoms with van der Waals surface area (Å²) >= 11 is 2.40. The summed E-state index contributed by atoms with van der Waals surface area (Å²) in [5.74, 6) is 0.925. The lowest BCUT2D eigenvalue weighted by Gasteiger charge is -2.07. The fourth-order valence-corrected chi connectivity index (χ4v) is 4.02. The normalized spacial score (nSPS) is 10.7. The number of hydrogen-bond acceptors (Lipinski definition) is 9. The van der Waals surface area contributed by atoms with Gasteiger partial charge in [0.05, 0.1) is 25.7 Å². The fourth-order valence-electron chi connectivity index (χ4n) is 2.72. The molecule has 0 fully saturated rings. The molecule has 2 heterocycles. The third kappa shape index (κ3) is 5.06. The second kappa shape index (κ2) is 9.79. The zero-order chi connectivity index (χ0) is 22.5. The van der Waals surface area contributed by atoms with Gasteiger partial charge in [-0.05, 0) is 42.5 Å². The van der Waals surface area contributed by atoms with Crippen LogP contribution in [0.5, 0.6) is 11.5 Å². The number of nitrogens with zero attached hydrogens (tertiary/aromatic N) is 3. The van der Waals surface area contributed by atoms with Crippen molar-refractivity contribution < 1.29 is 23.1 Å². The van der Waals surface area contributed by atoms with Gasteiger partial charge in [0.15, 0.2) is 16.6 Å². The van der Waals surface area contributed by atoms with E-state index in [0.717, 1.165) is 17.3 Å². The Morgan fingerprint density at radius 2 is 1.84 bits per heavy atom. The van der Waals surface area contributed by atoms with Gasteiger partial charge in [-0.2, -0.15) is 0 Å². The predicted octanol–water partition coefficient (Wildman–Crippen LogP) is 4.75. The molecule has 1 N–H and O–H groups in total. The third-order valence-corrected chi connectivity index (χ3v) is 5.83. The van der Waals surface area contributed by atoms with Gasteiger partial charge >= 0.3 is 0 Å². The molecule has 1 amide bonds. The van der Waals surface area contributed by atoms with Crippen molar-refractivity contribution in [3.8, 4) is 34.2 Å². The van der Waals surface area contributed by atoms with Crippen LogP contribution < -0.4 is 14.8 Å². The van der Waals surface area contributed by atoms with Crippen LogP contribution >= 0.6 is 23.1 Å². The van der Waals surface area contributed by atoms with Crippen LogP contribution in [-0.4, -0.2) is 41.1 Å². The molecule has 2 aromatic heterocycles. The first-order chi connectivity index (χ1) is 15.6. The molecule has 164 valence electrons. The number of thiazole rings is 1. The second-order valence-electron chi connectivity index (χ2n) is 6.32. The minimum Gasteiger partial charge on any atom is -0.493 e. The standard InChI is InChI=1S/C21H17FN4O4S2/c1-28-16-8-5-13(9-17(16)29-2)19-25-26-21(30-19)32-11-18(27)24-20-23-15(10-31-20)12-3-6-14(22)7-4-12/h3-10H,11H2,1-2H3,(H,23,24,27). The molecule has 32 heavy (non-hydrogen) atoms. The lowest BCUT2D eigenvalue weighted by Crippen LogP contribution is -2.13. The summed E-state index contributed by atoms with van der Waals surface area (Å²) in [5.41, 5.74) is 2.10. The monoisotopic (exact) mass is 472 g/mol. The average Bonchev–Trinajstić information content (AvgIpc) is 3.47. The minimum absolute atomic E-state index is 0.0685. The van der Waals surface area contributed by atoms with Crippen LogP contribution in [0.25, 0.3) is 22.7 Å². The molecule has 0 radical (unpaired) electrons. The molecule has 8 nitrogen and oxygen atoms in total. The summed E-state index contributed by atoms with van der Waals surface area (Å²) in [6.45, 7) is 0. The molecule has 0 saturated carbocycles. The molecular formula is C21H17FN4O4S2. The van der Waals surface area contributed by atoms with Gasteiger partial charge in [0.25, 0.3) is 5.22 Å². The van der Waals surface area contributed by atoms with Crippen LogP contribution in [0.4, 0.5) is 9.52 Å². The van der Waals surface area contributed by atoms with Gasteiger partial charge in [0, 0.05) is 16.5 Å². The molecule has 4 rings (SSSR count). The van der Waals surface area contributed by atoms with E-state index in [1.165, 1.54) is 23.5 Å². The van der Waals surface area contributed by atoms with Gasteiger partial charge < -0.3 is 19.2 Å². The van der Waals surface area contributed by atoms with Crippen molar-refractivity contribution in [1.82, 2.24) is 15.2 Å². The molecule has 0 aliphatic heterocycles. The molecule has 2 aromatic carbocycles. The molecule has 0 atom stereocenters. The highest BCUT2D eigenvalue weighted by atomic mass is 32.2. The van der Waals surface area contributed by atoms with Crippen LogP contribution in [0.15, 0.2) is 57.5 Å². The van der Waals surface area contributed by atoms with Gasteiger partial charge in [-0.1, -0.05) is 11.8 Å². The Bertz CT molecular complexity index is 1230. The van der Waals surface area contributed by atoms with Crippen LogP contribution in [0.1, 0.15) is 0 Å². The molecule has 0 aliphatic rings. The fraction of sp³-hybridized carbons (Fsp3) is 0.143. The first-order valence-corrected chi connectivity index (χ1v) is 11.1. The van der Waals surface area contributed by atoms with Crippen molar-refractivity contribution in [2.75, 3.05) is 25.3 Å². The highest BCUT2D eigenvalue weighted by Gasteiger charge is 2.15. The number of methoxy groups -OCH3 is 2. The first-order valence-electron chi connectivity index (χ1n) is 9.25. The molecule has 11 heteroatoms. The smallest absolute Gasteiger partial charge is 0.277 e. The second-order valence-corrected chi connectivity index (χ2v) is 8.11. The van der Waals surface area contributed by atoms with Crippen molar-refractivity contribution in [2.45, 2.75) is 5.22 Å². The summed E-state index contributed by atoms with van der Waals surface area (Å²) in [4.78, 5) is 16.6. The maximum absolute atomic E-state index is 13.1. The third-order valence-electron chi connectivity index (χ3n) is 4.25.